The van der Waals surface area contributed by atoms with Crippen LogP contribution in [0.1, 0.15) is 11.3 Å². The number of hydrogen-bond donors (Lipinski definition) is 1. The van der Waals surface area contributed by atoms with E-state index in [4.69, 9.17) is 21.1 Å². The molecule has 0 aliphatic heterocycles. The van der Waals surface area contributed by atoms with Crippen LogP contribution in [-0.2, 0) is 17.8 Å². The van der Waals surface area contributed by atoms with Crippen molar-refractivity contribution in [3.05, 3.63) is 83.1 Å². The largest absolute Gasteiger partial charge is 0.495 e. The first-order chi connectivity index (χ1) is 14.6. The Morgan fingerprint density at radius 3 is 2.60 bits per heavy atom. The number of rotatable bonds is 9. The molecule has 30 heavy (non-hydrogen) atoms. The molecule has 3 rings (SSSR count). The first kappa shape index (κ1) is 21.7. The van der Waals surface area contributed by atoms with Crippen molar-refractivity contribution in [1.82, 2.24) is 9.47 Å². The third-order valence-corrected chi connectivity index (χ3v) is 5.14. The average Bonchev–Trinajstić information content (AvgIpc) is 3.19. The number of carbonyl (C=O) groups is 1. The lowest BCUT2D eigenvalue weighted by Crippen LogP contribution is -2.37. The molecule has 0 aliphatic rings. The molecule has 158 valence electrons. The van der Waals surface area contributed by atoms with Crippen molar-refractivity contribution in [3.63, 3.8) is 0 Å². The molecule has 2 amide bonds. The minimum absolute atomic E-state index is 0.220. The van der Waals surface area contributed by atoms with Gasteiger partial charge in [-0.2, -0.15) is 0 Å². The standard InChI is InChI=1S/C23H26ClN3O3/c1-29-15-14-27(23(28)25-21-11-5-6-12-22(21)30-2)17-19-9-7-13-26(19)16-18-8-3-4-10-20(18)24/h3-13H,14-17H2,1-2H3,(H,25,28). The lowest BCUT2D eigenvalue weighted by atomic mass is 10.2. The number of urea groups is 1. The molecule has 0 aliphatic carbocycles. The number of hydrogen-bond acceptors (Lipinski definition) is 3. The second kappa shape index (κ2) is 10.7. The van der Waals surface area contributed by atoms with E-state index in [9.17, 15) is 4.79 Å². The molecule has 2 aromatic carbocycles. The second-order valence-corrected chi connectivity index (χ2v) is 7.17. The maximum atomic E-state index is 13.0. The molecule has 0 bridgehead atoms. The minimum atomic E-state index is -0.220. The van der Waals surface area contributed by atoms with E-state index in [0.717, 1.165) is 16.3 Å². The fourth-order valence-electron chi connectivity index (χ4n) is 3.15. The lowest BCUT2D eigenvalue weighted by molar-refractivity contribution is 0.151. The molecule has 1 heterocycles. The third kappa shape index (κ3) is 5.55. The predicted molar refractivity (Wildman–Crippen MR) is 119 cm³/mol. The van der Waals surface area contributed by atoms with Crippen LogP contribution in [0.2, 0.25) is 5.02 Å². The first-order valence-corrected chi connectivity index (χ1v) is 10.1. The molecular formula is C23H26ClN3O3. The zero-order valence-electron chi connectivity index (χ0n) is 17.2. The summed E-state index contributed by atoms with van der Waals surface area (Å²) in [5.74, 6) is 0.611. The Kier molecular flexibility index (Phi) is 7.76. The van der Waals surface area contributed by atoms with Crippen LogP contribution in [0.4, 0.5) is 10.5 Å². The van der Waals surface area contributed by atoms with Gasteiger partial charge in [-0.1, -0.05) is 41.9 Å². The number of halogens is 1. The summed E-state index contributed by atoms with van der Waals surface area (Å²) >= 11 is 6.32. The number of amides is 2. The second-order valence-electron chi connectivity index (χ2n) is 6.76. The van der Waals surface area contributed by atoms with Gasteiger partial charge in [0.15, 0.2) is 0 Å². The van der Waals surface area contributed by atoms with Crippen LogP contribution in [-0.4, -0.2) is 42.9 Å². The van der Waals surface area contributed by atoms with Crippen molar-refractivity contribution in [2.24, 2.45) is 0 Å². The summed E-state index contributed by atoms with van der Waals surface area (Å²) < 4.78 is 12.6. The number of nitrogens with one attached hydrogen (secondary N) is 1. The smallest absolute Gasteiger partial charge is 0.322 e. The quantitative estimate of drug-likeness (QED) is 0.529. The van der Waals surface area contributed by atoms with Gasteiger partial charge in [0.25, 0.3) is 0 Å². The Labute approximate surface area is 182 Å². The molecule has 0 spiro atoms. The van der Waals surface area contributed by atoms with Gasteiger partial charge in [-0.15, -0.1) is 0 Å². The molecule has 0 radical (unpaired) electrons. The minimum Gasteiger partial charge on any atom is -0.495 e. The summed E-state index contributed by atoms with van der Waals surface area (Å²) in [5, 5.41) is 3.66. The summed E-state index contributed by atoms with van der Waals surface area (Å²) in [5.41, 5.74) is 2.65. The van der Waals surface area contributed by atoms with E-state index in [-0.39, 0.29) is 6.03 Å². The van der Waals surface area contributed by atoms with Gasteiger partial charge in [-0.3, -0.25) is 0 Å². The van der Waals surface area contributed by atoms with Crippen molar-refractivity contribution >= 4 is 23.3 Å². The van der Waals surface area contributed by atoms with Gasteiger partial charge >= 0.3 is 6.03 Å². The Bertz CT molecular complexity index is 974. The molecular weight excluding hydrogens is 402 g/mol. The fourth-order valence-corrected chi connectivity index (χ4v) is 3.34. The summed E-state index contributed by atoms with van der Waals surface area (Å²) in [6.07, 6.45) is 1.99. The van der Waals surface area contributed by atoms with E-state index in [2.05, 4.69) is 9.88 Å². The van der Waals surface area contributed by atoms with Crippen LogP contribution in [0.15, 0.2) is 66.9 Å². The number of para-hydroxylation sites is 2. The monoisotopic (exact) mass is 427 g/mol. The van der Waals surface area contributed by atoms with Gasteiger partial charge in [-0.05, 0) is 35.9 Å². The van der Waals surface area contributed by atoms with E-state index in [1.807, 2.05) is 66.9 Å². The topological polar surface area (TPSA) is 55.7 Å². The molecule has 0 saturated carbocycles. The number of aromatic nitrogens is 1. The summed E-state index contributed by atoms with van der Waals surface area (Å²) in [6, 6.07) is 18.9. The highest BCUT2D eigenvalue weighted by molar-refractivity contribution is 6.31. The molecule has 7 heteroatoms. The summed E-state index contributed by atoms with van der Waals surface area (Å²) in [7, 11) is 3.20. The molecule has 0 atom stereocenters. The van der Waals surface area contributed by atoms with Crippen LogP contribution in [0, 0.1) is 0 Å². The Hall–Kier alpha value is -2.96. The van der Waals surface area contributed by atoms with E-state index in [1.54, 1.807) is 19.1 Å². The van der Waals surface area contributed by atoms with Crippen molar-refractivity contribution in [2.75, 3.05) is 32.7 Å². The van der Waals surface area contributed by atoms with Gasteiger partial charge in [0.2, 0.25) is 0 Å². The Morgan fingerprint density at radius 1 is 1.07 bits per heavy atom. The van der Waals surface area contributed by atoms with Gasteiger partial charge < -0.3 is 24.3 Å². The van der Waals surface area contributed by atoms with Gasteiger partial charge in [0.05, 0.1) is 25.9 Å². The summed E-state index contributed by atoms with van der Waals surface area (Å²) in [4.78, 5) is 14.7. The molecule has 0 saturated heterocycles. The van der Waals surface area contributed by atoms with Crippen molar-refractivity contribution in [1.29, 1.82) is 0 Å². The van der Waals surface area contributed by atoms with Crippen LogP contribution in [0.25, 0.3) is 0 Å². The van der Waals surface area contributed by atoms with E-state index in [0.29, 0.717) is 37.7 Å². The molecule has 6 nitrogen and oxygen atoms in total. The van der Waals surface area contributed by atoms with Gasteiger partial charge in [0.1, 0.15) is 5.75 Å². The van der Waals surface area contributed by atoms with Crippen molar-refractivity contribution in [2.45, 2.75) is 13.1 Å². The zero-order valence-corrected chi connectivity index (χ0v) is 17.9. The highest BCUT2D eigenvalue weighted by atomic mass is 35.5. The molecule has 0 unspecified atom stereocenters. The van der Waals surface area contributed by atoms with E-state index in [1.165, 1.54) is 0 Å². The Balaban J connectivity index is 1.76. The lowest BCUT2D eigenvalue weighted by Gasteiger charge is -2.24. The number of methoxy groups -OCH3 is 2. The van der Waals surface area contributed by atoms with E-state index < -0.39 is 0 Å². The third-order valence-electron chi connectivity index (χ3n) is 4.78. The number of nitrogens with zero attached hydrogens (tertiary/aromatic N) is 2. The normalized spacial score (nSPS) is 10.6. The van der Waals surface area contributed by atoms with Gasteiger partial charge in [0, 0.05) is 37.1 Å². The molecule has 1 N–H and O–H groups in total. The fraction of sp³-hybridized carbons (Fsp3) is 0.261. The average molecular weight is 428 g/mol. The van der Waals surface area contributed by atoms with Crippen LogP contribution in [0.3, 0.4) is 0 Å². The van der Waals surface area contributed by atoms with Crippen molar-refractivity contribution in [3.8, 4) is 5.75 Å². The maximum absolute atomic E-state index is 13.0. The van der Waals surface area contributed by atoms with E-state index >= 15 is 0 Å². The molecule has 0 fully saturated rings. The zero-order chi connectivity index (χ0) is 21.3. The predicted octanol–water partition coefficient (Wildman–Crippen LogP) is 4.88. The maximum Gasteiger partial charge on any atom is 0.322 e. The van der Waals surface area contributed by atoms with Crippen LogP contribution < -0.4 is 10.1 Å². The highest BCUT2D eigenvalue weighted by Crippen LogP contribution is 2.24. The highest BCUT2D eigenvalue weighted by Gasteiger charge is 2.17. The summed E-state index contributed by atoms with van der Waals surface area (Å²) in [6.45, 7) is 1.95. The number of benzene rings is 2. The van der Waals surface area contributed by atoms with Crippen molar-refractivity contribution < 1.29 is 14.3 Å². The first-order valence-electron chi connectivity index (χ1n) is 9.67. The van der Waals surface area contributed by atoms with Crippen LogP contribution >= 0.6 is 11.6 Å². The Morgan fingerprint density at radius 2 is 1.83 bits per heavy atom. The molecule has 3 aromatic rings. The number of carbonyl (C=O) groups excluding carboxylic acids is 1. The number of ether oxygens (including phenoxy) is 2. The number of anilines is 1. The SMILES string of the molecule is COCCN(Cc1cccn1Cc1ccccc1Cl)C(=O)Nc1ccccc1OC. The molecule has 1 aromatic heterocycles. The van der Waals surface area contributed by atoms with Crippen LogP contribution in [0.5, 0.6) is 5.75 Å². The van der Waals surface area contributed by atoms with Gasteiger partial charge in [-0.25, -0.2) is 4.79 Å².